The second-order valence-electron chi connectivity index (χ2n) is 2.62. The molecule has 0 aliphatic rings. The molecule has 1 aromatic carbocycles. The summed E-state index contributed by atoms with van der Waals surface area (Å²) >= 11 is 3.31. The van der Waals surface area contributed by atoms with Gasteiger partial charge in [0.15, 0.2) is 0 Å². The van der Waals surface area contributed by atoms with Crippen LogP contribution in [0.2, 0.25) is 0 Å². The van der Waals surface area contributed by atoms with E-state index in [9.17, 15) is 4.79 Å². The number of carbonyl (C=O) groups excluding carboxylic acids is 1. The Hall–Kier alpha value is -1.07. The van der Waals surface area contributed by atoms with E-state index >= 15 is 0 Å². The van der Waals surface area contributed by atoms with Crippen molar-refractivity contribution in [1.82, 2.24) is 5.43 Å². The minimum Gasteiger partial charge on any atom is -0.493 e. The Bertz CT molecular complexity index is 300. The Morgan fingerprint density at radius 2 is 2.07 bits per heavy atom. The first-order chi connectivity index (χ1) is 6.72. The van der Waals surface area contributed by atoms with Gasteiger partial charge in [0.05, 0.1) is 13.0 Å². The zero-order valence-corrected chi connectivity index (χ0v) is 9.08. The molecule has 76 valence electrons. The smallest absolute Gasteiger partial charge is 0.237 e. The SMILES string of the molecule is NNC(=O)CCOc1ccc(Br)cc1. The molecule has 0 atom stereocenters. The van der Waals surface area contributed by atoms with Gasteiger partial charge >= 0.3 is 0 Å². The number of nitrogens with one attached hydrogen (secondary N) is 1. The number of nitrogens with two attached hydrogens (primary N) is 1. The molecule has 0 bridgehead atoms. The lowest BCUT2D eigenvalue weighted by Gasteiger charge is -2.04. The van der Waals surface area contributed by atoms with Crippen LogP contribution in [0.3, 0.4) is 0 Å². The van der Waals surface area contributed by atoms with E-state index in [1.807, 2.05) is 29.7 Å². The fourth-order valence-electron chi connectivity index (χ4n) is 0.865. The van der Waals surface area contributed by atoms with Crippen molar-refractivity contribution < 1.29 is 9.53 Å². The fourth-order valence-corrected chi connectivity index (χ4v) is 1.13. The molecule has 1 amide bonds. The molecule has 14 heavy (non-hydrogen) atoms. The molecular formula is C9H11BrN2O2. The van der Waals surface area contributed by atoms with Gasteiger partial charge in [0.25, 0.3) is 0 Å². The van der Waals surface area contributed by atoms with E-state index < -0.39 is 0 Å². The van der Waals surface area contributed by atoms with E-state index in [1.54, 1.807) is 0 Å². The molecule has 0 spiro atoms. The zero-order chi connectivity index (χ0) is 10.4. The highest BCUT2D eigenvalue weighted by molar-refractivity contribution is 9.10. The number of benzene rings is 1. The second-order valence-corrected chi connectivity index (χ2v) is 3.54. The van der Waals surface area contributed by atoms with E-state index in [4.69, 9.17) is 10.6 Å². The van der Waals surface area contributed by atoms with Gasteiger partial charge in [-0.1, -0.05) is 15.9 Å². The Morgan fingerprint density at radius 3 is 2.64 bits per heavy atom. The van der Waals surface area contributed by atoms with E-state index in [0.717, 1.165) is 10.2 Å². The quantitative estimate of drug-likeness (QED) is 0.485. The van der Waals surface area contributed by atoms with Crippen LogP contribution < -0.4 is 16.0 Å². The topological polar surface area (TPSA) is 64.3 Å². The van der Waals surface area contributed by atoms with Gasteiger partial charge in [0, 0.05) is 4.47 Å². The van der Waals surface area contributed by atoms with E-state index in [1.165, 1.54) is 0 Å². The summed E-state index contributed by atoms with van der Waals surface area (Å²) in [6.45, 7) is 0.324. The van der Waals surface area contributed by atoms with E-state index in [-0.39, 0.29) is 12.3 Å². The first-order valence-electron chi connectivity index (χ1n) is 4.10. The second kappa shape index (κ2) is 5.62. The van der Waals surface area contributed by atoms with Crippen LogP contribution >= 0.6 is 15.9 Å². The maximum atomic E-state index is 10.7. The molecule has 3 N–H and O–H groups in total. The van der Waals surface area contributed by atoms with Crippen molar-refractivity contribution in [2.45, 2.75) is 6.42 Å². The van der Waals surface area contributed by atoms with Gasteiger partial charge < -0.3 is 4.74 Å². The molecule has 0 fully saturated rings. The van der Waals surface area contributed by atoms with Gasteiger partial charge in [-0.2, -0.15) is 0 Å². The first kappa shape index (κ1) is 11.0. The molecule has 0 heterocycles. The predicted molar refractivity (Wildman–Crippen MR) is 56.6 cm³/mol. The molecule has 0 aromatic heterocycles. The minimum atomic E-state index is -0.234. The lowest BCUT2D eigenvalue weighted by molar-refractivity contribution is -0.121. The number of amides is 1. The highest BCUT2D eigenvalue weighted by Gasteiger charge is 1.98. The monoisotopic (exact) mass is 258 g/mol. The number of hydrazine groups is 1. The summed E-state index contributed by atoms with van der Waals surface area (Å²) in [4.78, 5) is 10.7. The summed E-state index contributed by atoms with van der Waals surface area (Å²) in [6.07, 6.45) is 0.257. The molecule has 4 nitrogen and oxygen atoms in total. The highest BCUT2D eigenvalue weighted by Crippen LogP contribution is 2.15. The van der Waals surface area contributed by atoms with Gasteiger partial charge in [0.2, 0.25) is 5.91 Å². The van der Waals surface area contributed by atoms with Gasteiger partial charge in [-0.05, 0) is 24.3 Å². The van der Waals surface area contributed by atoms with Gasteiger partial charge in [-0.25, -0.2) is 5.84 Å². The summed E-state index contributed by atoms with van der Waals surface area (Å²) in [6, 6.07) is 7.39. The van der Waals surface area contributed by atoms with Crippen LogP contribution in [0.5, 0.6) is 5.75 Å². The zero-order valence-electron chi connectivity index (χ0n) is 7.50. The van der Waals surface area contributed by atoms with Gasteiger partial charge in [0.1, 0.15) is 5.75 Å². The molecule has 0 aliphatic heterocycles. The maximum Gasteiger partial charge on any atom is 0.237 e. The molecule has 0 unspecified atom stereocenters. The van der Waals surface area contributed by atoms with Crippen molar-refractivity contribution in [2.24, 2.45) is 5.84 Å². The lowest BCUT2D eigenvalue weighted by Crippen LogP contribution is -2.31. The average Bonchev–Trinajstić information content (AvgIpc) is 2.21. The third kappa shape index (κ3) is 3.76. The van der Waals surface area contributed by atoms with Crippen LogP contribution in [-0.2, 0) is 4.79 Å². The minimum absolute atomic E-state index is 0.234. The Balaban J connectivity index is 2.31. The number of ether oxygens (including phenoxy) is 1. The number of hydrogen-bond donors (Lipinski definition) is 2. The number of carbonyl (C=O) groups is 1. The maximum absolute atomic E-state index is 10.7. The third-order valence-corrected chi connectivity index (χ3v) is 2.10. The molecule has 0 radical (unpaired) electrons. The van der Waals surface area contributed by atoms with Crippen LogP contribution in [0.15, 0.2) is 28.7 Å². The summed E-state index contributed by atoms with van der Waals surface area (Å²) in [7, 11) is 0. The predicted octanol–water partition coefficient (Wildman–Crippen LogP) is 1.21. The number of rotatable bonds is 4. The summed E-state index contributed by atoms with van der Waals surface area (Å²) < 4.78 is 6.29. The Morgan fingerprint density at radius 1 is 1.43 bits per heavy atom. The summed E-state index contributed by atoms with van der Waals surface area (Å²) in [5.74, 6) is 5.41. The van der Waals surface area contributed by atoms with Crippen molar-refractivity contribution in [3.8, 4) is 5.75 Å². The fraction of sp³-hybridized carbons (Fsp3) is 0.222. The van der Waals surface area contributed by atoms with E-state index in [0.29, 0.717) is 6.61 Å². The van der Waals surface area contributed by atoms with Crippen molar-refractivity contribution in [1.29, 1.82) is 0 Å². The molecule has 1 rings (SSSR count). The van der Waals surface area contributed by atoms with Gasteiger partial charge in [-0.15, -0.1) is 0 Å². The average molecular weight is 259 g/mol. The number of hydrogen-bond acceptors (Lipinski definition) is 3. The number of halogens is 1. The van der Waals surface area contributed by atoms with Crippen molar-refractivity contribution in [3.63, 3.8) is 0 Å². The van der Waals surface area contributed by atoms with Crippen LogP contribution in [0.1, 0.15) is 6.42 Å². The molecular weight excluding hydrogens is 248 g/mol. The van der Waals surface area contributed by atoms with Crippen LogP contribution in [0, 0.1) is 0 Å². The Labute approximate surface area is 90.5 Å². The standard InChI is InChI=1S/C9H11BrN2O2/c10-7-1-3-8(4-2-7)14-6-5-9(13)12-11/h1-4H,5-6,11H2,(H,12,13). The first-order valence-corrected chi connectivity index (χ1v) is 4.89. The van der Waals surface area contributed by atoms with Crippen molar-refractivity contribution in [3.05, 3.63) is 28.7 Å². The molecule has 5 heteroatoms. The molecule has 0 saturated heterocycles. The van der Waals surface area contributed by atoms with E-state index in [2.05, 4.69) is 15.9 Å². The largest absolute Gasteiger partial charge is 0.493 e. The third-order valence-electron chi connectivity index (χ3n) is 1.57. The highest BCUT2D eigenvalue weighted by atomic mass is 79.9. The van der Waals surface area contributed by atoms with Crippen LogP contribution in [0.4, 0.5) is 0 Å². The summed E-state index contributed by atoms with van der Waals surface area (Å²) in [5.41, 5.74) is 2.03. The summed E-state index contributed by atoms with van der Waals surface area (Å²) in [5, 5.41) is 0. The van der Waals surface area contributed by atoms with Crippen molar-refractivity contribution in [2.75, 3.05) is 6.61 Å². The molecule has 1 aromatic rings. The molecule has 0 aliphatic carbocycles. The van der Waals surface area contributed by atoms with Crippen LogP contribution in [-0.4, -0.2) is 12.5 Å². The normalized spacial score (nSPS) is 9.57. The molecule has 0 saturated carbocycles. The van der Waals surface area contributed by atoms with Gasteiger partial charge in [-0.3, -0.25) is 10.2 Å². The van der Waals surface area contributed by atoms with Crippen molar-refractivity contribution >= 4 is 21.8 Å². The lowest BCUT2D eigenvalue weighted by atomic mass is 10.3. The van der Waals surface area contributed by atoms with Crippen LogP contribution in [0.25, 0.3) is 0 Å². The Kier molecular flexibility index (Phi) is 4.42.